The highest BCUT2D eigenvalue weighted by Crippen LogP contribution is 2.27. The highest BCUT2D eigenvalue weighted by atomic mass is 79.9. The Bertz CT molecular complexity index is 545. The van der Waals surface area contributed by atoms with E-state index in [4.69, 9.17) is 5.73 Å². The maximum absolute atomic E-state index is 11.5. The Labute approximate surface area is 116 Å². The molecule has 0 aromatic heterocycles. The van der Waals surface area contributed by atoms with Crippen LogP contribution in [0.2, 0.25) is 0 Å². The summed E-state index contributed by atoms with van der Waals surface area (Å²) in [6.07, 6.45) is 0.703. The molecule has 1 fully saturated rings. The molecule has 4 nitrogen and oxygen atoms in total. The van der Waals surface area contributed by atoms with E-state index in [1.807, 2.05) is 30.1 Å². The van der Waals surface area contributed by atoms with Crippen LogP contribution in [-0.2, 0) is 16.4 Å². The molecular formula is C12H17BrN2O2S. The fourth-order valence-corrected chi connectivity index (χ4v) is 4.52. The molecule has 18 heavy (non-hydrogen) atoms. The minimum atomic E-state index is -2.84. The fraction of sp³-hybridized carbons (Fsp3) is 0.500. The van der Waals surface area contributed by atoms with Crippen molar-refractivity contribution in [2.75, 3.05) is 23.5 Å². The summed E-state index contributed by atoms with van der Waals surface area (Å²) in [7, 11) is -0.905. The molecule has 2 rings (SSSR count). The van der Waals surface area contributed by atoms with Crippen LogP contribution in [0.15, 0.2) is 22.7 Å². The van der Waals surface area contributed by atoms with Gasteiger partial charge in [0.2, 0.25) is 0 Å². The smallest absolute Gasteiger partial charge is 0.152 e. The van der Waals surface area contributed by atoms with Gasteiger partial charge in [0.1, 0.15) is 0 Å². The molecule has 0 bridgehead atoms. The van der Waals surface area contributed by atoms with Crippen molar-refractivity contribution < 1.29 is 8.42 Å². The Balaban J connectivity index is 2.19. The van der Waals surface area contributed by atoms with Crippen molar-refractivity contribution in [3.05, 3.63) is 28.2 Å². The van der Waals surface area contributed by atoms with Crippen molar-refractivity contribution in [1.29, 1.82) is 0 Å². The van der Waals surface area contributed by atoms with Gasteiger partial charge in [0.25, 0.3) is 0 Å². The molecule has 1 aliphatic heterocycles. The number of rotatable bonds is 3. The van der Waals surface area contributed by atoms with Crippen molar-refractivity contribution >= 4 is 31.5 Å². The number of nitrogens with two attached hydrogens (primary N) is 1. The van der Waals surface area contributed by atoms with E-state index in [9.17, 15) is 8.42 Å². The molecule has 1 aromatic carbocycles. The number of benzene rings is 1. The molecule has 1 heterocycles. The molecule has 0 spiro atoms. The van der Waals surface area contributed by atoms with E-state index in [0.717, 1.165) is 15.7 Å². The number of hydrogen-bond donors (Lipinski definition) is 1. The third kappa shape index (κ3) is 2.87. The monoisotopic (exact) mass is 332 g/mol. The highest BCUT2D eigenvalue weighted by molar-refractivity contribution is 9.10. The number of anilines is 1. The van der Waals surface area contributed by atoms with E-state index in [2.05, 4.69) is 15.9 Å². The largest absolute Gasteiger partial charge is 0.371 e. The van der Waals surface area contributed by atoms with Gasteiger partial charge in [-0.05, 0) is 24.1 Å². The molecule has 0 saturated carbocycles. The summed E-state index contributed by atoms with van der Waals surface area (Å²) >= 11 is 3.48. The lowest BCUT2D eigenvalue weighted by molar-refractivity contribution is 0.601. The second kappa shape index (κ2) is 5.19. The highest BCUT2D eigenvalue weighted by Gasteiger charge is 2.30. The predicted molar refractivity (Wildman–Crippen MR) is 77.5 cm³/mol. The van der Waals surface area contributed by atoms with Crippen molar-refractivity contribution in [1.82, 2.24) is 0 Å². The minimum Gasteiger partial charge on any atom is -0.371 e. The van der Waals surface area contributed by atoms with Gasteiger partial charge in [0.05, 0.1) is 11.5 Å². The molecule has 0 amide bonds. The van der Waals surface area contributed by atoms with E-state index in [-0.39, 0.29) is 11.8 Å². The van der Waals surface area contributed by atoms with Crippen LogP contribution >= 0.6 is 15.9 Å². The van der Waals surface area contributed by atoms with Crippen molar-refractivity contribution in [2.45, 2.75) is 19.0 Å². The number of nitrogens with zero attached hydrogens (tertiary/aromatic N) is 1. The minimum absolute atomic E-state index is 0.0747. The molecule has 0 radical (unpaired) electrons. The van der Waals surface area contributed by atoms with Crippen LogP contribution in [0, 0.1) is 0 Å². The second-order valence-corrected chi connectivity index (χ2v) is 7.73. The average Bonchev–Trinajstić information content (AvgIpc) is 2.68. The van der Waals surface area contributed by atoms with Crippen LogP contribution in [0.1, 0.15) is 12.0 Å². The zero-order chi connectivity index (χ0) is 13.3. The first kappa shape index (κ1) is 13.8. The van der Waals surface area contributed by atoms with E-state index in [0.29, 0.717) is 18.7 Å². The van der Waals surface area contributed by atoms with Crippen molar-refractivity contribution in [2.24, 2.45) is 5.73 Å². The van der Waals surface area contributed by atoms with E-state index in [1.54, 1.807) is 0 Å². The first-order valence-electron chi connectivity index (χ1n) is 5.85. The fourth-order valence-electron chi connectivity index (χ4n) is 2.21. The Morgan fingerprint density at radius 2 is 2.22 bits per heavy atom. The van der Waals surface area contributed by atoms with Crippen LogP contribution in [0.4, 0.5) is 5.69 Å². The third-order valence-electron chi connectivity index (χ3n) is 3.42. The topological polar surface area (TPSA) is 63.4 Å². The van der Waals surface area contributed by atoms with Gasteiger partial charge >= 0.3 is 0 Å². The normalized spacial score (nSPS) is 22.1. The van der Waals surface area contributed by atoms with E-state index >= 15 is 0 Å². The van der Waals surface area contributed by atoms with Gasteiger partial charge in [-0.3, -0.25) is 0 Å². The standard InChI is InChI=1S/C12H17BrN2O2S/c1-15(11-4-5-18(16,17)8-11)10-3-2-9(7-14)12(13)6-10/h2-3,6,11H,4-5,7-8,14H2,1H3. The van der Waals surface area contributed by atoms with Crippen LogP contribution in [-0.4, -0.2) is 33.0 Å². The zero-order valence-corrected chi connectivity index (χ0v) is 12.7. The van der Waals surface area contributed by atoms with Gasteiger partial charge in [0, 0.05) is 29.8 Å². The van der Waals surface area contributed by atoms with Crippen LogP contribution in [0.3, 0.4) is 0 Å². The summed E-state index contributed by atoms with van der Waals surface area (Å²) in [5, 5.41) is 0. The maximum atomic E-state index is 11.5. The first-order valence-corrected chi connectivity index (χ1v) is 8.46. The van der Waals surface area contributed by atoms with Crippen molar-refractivity contribution in [3.8, 4) is 0 Å². The van der Waals surface area contributed by atoms with Crippen LogP contribution in [0.25, 0.3) is 0 Å². The summed E-state index contributed by atoms with van der Waals surface area (Å²) in [4.78, 5) is 2.04. The lowest BCUT2D eigenvalue weighted by atomic mass is 10.1. The molecule has 1 unspecified atom stereocenters. The molecule has 2 N–H and O–H groups in total. The van der Waals surface area contributed by atoms with Crippen LogP contribution < -0.4 is 10.6 Å². The third-order valence-corrected chi connectivity index (χ3v) is 5.91. The Kier molecular flexibility index (Phi) is 3.99. The molecule has 6 heteroatoms. The summed E-state index contributed by atoms with van der Waals surface area (Å²) in [6, 6.07) is 6.02. The first-order chi connectivity index (χ1) is 8.43. The second-order valence-electron chi connectivity index (χ2n) is 4.65. The maximum Gasteiger partial charge on any atom is 0.152 e. The molecule has 1 saturated heterocycles. The summed E-state index contributed by atoms with van der Waals surface area (Å²) in [5.74, 6) is 0.545. The number of halogens is 1. The lowest BCUT2D eigenvalue weighted by Gasteiger charge is -2.26. The van der Waals surface area contributed by atoms with Gasteiger partial charge in [-0.15, -0.1) is 0 Å². The quantitative estimate of drug-likeness (QED) is 0.911. The predicted octanol–water partition coefficient (Wildman–Crippen LogP) is 1.53. The van der Waals surface area contributed by atoms with Gasteiger partial charge < -0.3 is 10.6 Å². The lowest BCUT2D eigenvalue weighted by Crippen LogP contribution is -2.32. The Hall–Kier alpha value is -0.590. The Morgan fingerprint density at radius 3 is 2.72 bits per heavy atom. The van der Waals surface area contributed by atoms with Crippen molar-refractivity contribution in [3.63, 3.8) is 0 Å². The summed E-state index contributed by atoms with van der Waals surface area (Å²) < 4.78 is 24.0. The zero-order valence-electron chi connectivity index (χ0n) is 10.3. The number of sulfone groups is 1. The summed E-state index contributed by atoms with van der Waals surface area (Å²) in [5.41, 5.74) is 7.67. The molecule has 1 aromatic rings. The molecule has 1 aliphatic rings. The Morgan fingerprint density at radius 1 is 1.50 bits per heavy atom. The van der Waals surface area contributed by atoms with E-state index in [1.165, 1.54) is 0 Å². The van der Waals surface area contributed by atoms with Crippen LogP contribution in [0.5, 0.6) is 0 Å². The number of hydrogen-bond acceptors (Lipinski definition) is 4. The SMILES string of the molecule is CN(c1ccc(CN)c(Br)c1)C1CCS(=O)(=O)C1. The van der Waals surface area contributed by atoms with Gasteiger partial charge in [-0.25, -0.2) is 8.42 Å². The molecule has 1 atom stereocenters. The van der Waals surface area contributed by atoms with Gasteiger partial charge in [-0.2, -0.15) is 0 Å². The summed E-state index contributed by atoms with van der Waals surface area (Å²) in [6.45, 7) is 0.488. The molecular weight excluding hydrogens is 316 g/mol. The average molecular weight is 333 g/mol. The van der Waals surface area contributed by atoms with Gasteiger partial charge in [0.15, 0.2) is 9.84 Å². The molecule has 100 valence electrons. The molecule has 0 aliphatic carbocycles. The van der Waals surface area contributed by atoms with E-state index < -0.39 is 9.84 Å². The van der Waals surface area contributed by atoms with Gasteiger partial charge in [-0.1, -0.05) is 22.0 Å².